The molecular formula is C13H18BrNO2S. The third-order valence-corrected chi connectivity index (χ3v) is 5.20. The largest absolute Gasteiger partial charge is 0.493 e. The van der Waals surface area contributed by atoms with E-state index in [1.54, 1.807) is 14.2 Å². The summed E-state index contributed by atoms with van der Waals surface area (Å²) in [5.41, 5.74) is 1.37. The number of hydrogen-bond donors (Lipinski definition) is 1. The van der Waals surface area contributed by atoms with Crippen LogP contribution < -0.4 is 14.8 Å². The summed E-state index contributed by atoms with van der Waals surface area (Å²) in [5.74, 6) is 2.61. The van der Waals surface area contributed by atoms with Crippen molar-refractivity contribution in [2.75, 3.05) is 20.0 Å². The molecule has 1 heterocycles. The Morgan fingerprint density at radius 3 is 2.39 bits per heavy atom. The first-order chi connectivity index (χ1) is 8.46. The molecule has 1 aliphatic rings. The molecule has 1 aromatic rings. The van der Waals surface area contributed by atoms with E-state index in [1.807, 2.05) is 23.9 Å². The number of rotatable bonds is 3. The zero-order chi connectivity index (χ0) is 13.3. The number of ether oxygens (including phenoxy) is 2. The van der Waals surface area contributed by atoms with E-state index < -0.39 is 0 Å². The SMILES string of the molecule is COc1cc(Br)c(C2NC(C)(C)CS2)cc1OC. The minimum atomic E-state index is 0.169. The molecule has 100 valence electrons. The standard InChI is InChI=1S/C13H18BrNO2S/c1-13(2)7-18-12(15-13)8-5-10(16-3)11(17-4)6-9(8)14/h5-6,12,15H,7H2,1-4H3. The summed E-state index contributed by atoms with van der Waals surface area (Å²) in [7, 11) is 3.31. The summed E-state index contributed by atoms with van der Waals surface area (Å²) in [5, 5.41) is 3.90. The van der Waals surface area contributed by atoms with Gasteiger partial charge in [0.1, 0.15) is 0 Å². The lowest BCUT2D eigenvalue weighted by atomic mass is 10.1. The Hall–Kier alpha value is -0.390. The minimum absolute atomic E-state index is 0.169. The number of methoxy groups -OCH3 is 2. The number of hydrogen-bond acceptors (Lipinski definition) is 4. The van der Waals surface area contributed by atoms with Gasteiger partial charge in [0, 0.05) is 15.8 Å². The van der Waals surface area contributed by atoms with E-state index in [9.17, 15) is 0 Å². The Balaban J connectivity index is 2.34. The van der Waals surface area contributed by atoms with E-state index in [0.717, 1.165) is 21.7 Å². The molecule has 0 aliphatic carbocycles. The van der Waals surface area contributed by atoms with Gasteiger partial charge in [-0.15, -0.1) is 11.8 Å². The fourth-order valence-corrected chi connectivity index (χ4v) is 4.11. The summed E-state index contributed by atoms with van der Waals surface area (Å²) in [6.45, 7) is 4.43. The maximum atomic E-state index is 5.36. The Labute approximate surface area is 121 Å². The molecule has 3 nitrogen and oxygen atoms in total. The van der Waals surface area contributed by atoms with Gasteiger partial charge in [-0.2, -0.15) is 0 Å². The van der Waals surface area contributed by atoms with Crippen molar-refractivity contribution in [2.45, 2.75) is 24.8 Å². The van der Waals surface area contributed by atoms with Crippen molar-refractivity contribution in [3.63, 3.8) is 0 Å². The zero-order valence-electron chi connectivity index (χ0n) is 11.0. The lowest BCUT2D eigenvalue weighted by Gasteiger charge is -2.20. The van der Waals surface area contributed by atoms with Crippen LogP contribution >= 0.6 is 27.7 Å². The van der Waals surface area contributed by atoms with E-state index in [-0.39, 0.29) is 10.9 Å². The van der Waals surface area contributed by atoms with Gasteiger partial charge in [-0.25, -0.2) is 0 Å². The lowest BCUT2D eigenvalue weighted by Crippen LogP contribution is -2.35. The molecule has 1 aliphatic heterocycles. The van der Waals surface area contributed by atoms with Gasteiger partial charge >= 0.3 is 0 Å². The van der Waals surface area contributed by atoms with Crippen LogP contribution in [0.1, 0.15) is 24.8 Å². The molecule has 1 aromatic carbocycles. The van der Waals surface area contributed by atoms with E-state index in [0.29, 0.717) is 0 Å². The number of nitrogens with one attached hydrogen (secondary N) is 1. The van der Waals surface area contributed by atoms with Crippen molar-refractivity contribution in [2.24, 2.45) is 0 Å². The lowest BCUT2D eigenvalue weighted by molar-refractivity contribution is 0.353. The molecule has 0 saturated carbocycles. The average Bonchev–Trinajstić information content (AvgIpc) is 2.69. The van der Waals surface area contributed by atoms with Gasteiger partial charge in [0.25, 0.3) is 0 Å². The Bertz CT molecular complexity index is 451. The van der Waals surface area contributed by atoms with Gasteiger partial charge in [-0.3, -0.25) is 5.32 Å². The highest BCUT2D eigenvalue weighted by molar-refractivity contribution is 9.10. The monoisotopic (exact) mass is 331 g/mol. The minimum Gasteiger partial charge on any atom is -0.493 e. The Morgan fingerprint density at radius 1 is 1.28 bits per heavy atom. The highest BCUT2D eigenvalue weighted by atomic mass is 79.9. The normalized spacial score (nSPS) is 21.9. The molecule has 0 spiro atoms. The van der Waals surface area contributed by atoms with Crippen LogP contribution in [0.25, 0.3) is 0 Å². The predicted molar refractivity (Wildman–Crippen MR) is 79.7 cm³/mol. The first-order valence-electron chi connectivity index (χ1n) is 5.77. The van der Waals surface area contributed by atoms with E-state index >= 15 is 0 Å². The van der Waals surface area contributed by atoms with Crippen LogP contribution in [-0.2, 0) is 0 Å². The Kier molecular flexibility index (Phi) is 4.14. The summed E-state index contributed by atoms with van der Waals surface area (Å²) in [6, 6.07) is 4.00. The van der Waals surface area contributed by atoms with Crippen LogP contribution in [0.4, 0.5) is 0 Å². The van der Waals surface area contributed by atoms with E-state index in [1.165, 1.54) is 5.56 Å². The highest BCUT2D eigenvalue weighted by Crippen LogP contribution is 2.43. The number of benzene rings is 1. The molecule has 5 heteroatoms. The summed E-state index contributed by atoms with van der Waals surface area (Å²) < 4.78 is 11.7. The second kappa shape index (κ2) is 5.31. The van der Waals surface area contributed by atoms with Crippen molar-refractivity contribution in [3.8, 4) is 11.5 Å². The van der Waals surface area contributed by atoms with Gasteiger partial charge in [-0.05, 0) is 31.5 Å². The quantitative estimate of drug-likeness (QED) is 0.917. The topological polar surface area (TPSA) is 30.5 Å². The second-order valence-electron chi connectivity index (χ2n) is 4.95. The summed E-state index contributed by atoms with van der Waals surface area (Å²) in [6.07, 6.45) is 0. The molecule has 1 N–H and O–H groups in total. The average molecular weight is 332 g/mol. The zero-order valence-corrected chi connectivity index (χ0v) is 13.4. The molecule has 2 rings (SSSR count). The van der Waals surface area contributed by atoms with Crippen LogP contribution in [0.2, 0.25) is 0 Å². The van der Waals surface area contributed by atoms with Crippen LogP contribution in [-0.4, -0.2) is 25.5 Å². The molecule has 0 aromatic heterocycles. The van der Waals surface area contributed by atoms with Crippen molar-refractivity contribution < 1.29 is 9.47 Å². The molecule has 18 heavy (non-hydrogen) atoms. The highest BCUT2D eigenvalue weighted by Gasteiger charge is 2.32. The molecular weight excluding hydrogens is 314 g/mol. The van der Waals surface area contributed by atoms with Crippen LogP contribution in [0.15, 0.2) is 16.6 Å². The fourth-order valence-electron chi connectivity index (χ4n) is 1.97. The fraction of sp³-hybridized carbons (Fsp3) is 0.538. The maximum absolute atomic E-state index is 5.36. The van der Waals surface area contributed by atoms with Crippen molar-refractivity contribution >= 4 is 27.7 Å². The van der Waals surface area contributed by atoms with E-state index in [4.69, 9.17) is 9.47 Å². The van der Waals surface area contributed by atoms with Gasteiger partial charge in [-0.1, -0.05) is 15.9 Å². The predicted octanol–water partition coefficient (Wildman–Crippen LogP) is 3.58. The van der Waals surface area contributed by atoms with Crippen molar-refractivity contribution in [1.29, 1.82) is 0 Å². The molecule has 0 bridgehead atoms. The van der Waals surface area contributed by atoms with Crippen LogP contribution in [0, 0.1) is 0 Å². The van der Waals surface area contributed by atoms with Crippen molar-refractivity contribution in [3.05, 3.63) is 22.2 Å². The molecule has 1 unspecified atom stereocenters. The van der Waals surface area contributed by atoms with Crippen molar-refractivity contribution in [1.82, 2.24) is 5.32 Å². The van der Waals surface area contributed by atoms with E-state index in [2.05, 4.69) is 35.1 Å². The molecule has 0 radical (unpaired) electrons. The Morgan fingerprint density at radius 2 is 1.89 bits per heavy atom. The molecule has 0 amide bonds. The summed E-state index contributed by atoms with van der Waals surface area (Å²) >= 11 is 5.52. The van der Waals surface area contributed by atoms with Crippen LogP contribution in [0.5, 0.6) is 11.5 Å². The van der Waals surface area contributed by atoms with Gasteiger partial charge < -0.3 is 9.47 Å². The maximum Gasteiger partial charge on any atom is 0.161 e. The first-order valence-corrected chi connectivity index (χ1v) is 7.62. The van der Waals surface area contributed by atoms with Gasteiger partial charge in [0.05, 0.1) is 19.6 Å². The molecule has 1 saturated heterocycles. The molecule has 1 atom stereocenters. The van der Waals surface area contributed by atoms with Gasteiger partial charge in [0.15, 0.2) is 11.5 Å². The third-order valence-electron chi connectivity index (χ3n) is 2.92. The summed E-state index contributed by atoms with van der Waals surface area (Å²) in [4.78, 5) is 0. The number of halogens is 1. The first kappa shape index (κ1) is 14.0. The van der Waals surface area contributed by atoms with Gasteiger partial charge in [0.2, 0.25) is 0 Å². The van der Waals surface area contributed by atoms with Crippen LogP contribution in [0.3, 0.4) is 0 Å². The molecule has 1 fully saturated rings. The smallest absolute Gasteiger partial charge is 0.161 e. The third kappa shape index (κ3) is 2.78. The number of thioether (sulfide) groups is 1. The second-order valence-corrected chi connectivity index (χ2v) is 6.90.